The highest BCUT2D eigenvalue weighted by molar-refractivity contribution is 7.97. The average molecular weight is 431 g/mol. The van der Waals surface area contributed by atoms with Crippen LogP contribution in [0.5, 0.6) is 0 Å². The number of nitrogens with one attached hydrogen (secondary N) is 2. The van der Waals surface area contributed by atoms with E-state index in [1.54, 1.807) is 49.3 Å². The molecule has 0 bridgehead atoms. The Morgan fingerprint density at radius 2 is 1.83 bits per heavy atom. The van der Waals surface area contributed by atoms with E-state index in [1.165, 1.54) is 18.2 Å². The molecule has 0 spiro atoms. The van der Waals surface area contributed by atoms with Gasteiger partial charge in [0.2, 0.25) is 5.89 Å². The highest BCUT2D eigenvalue weighted by Crippen LogP contribution is 2.19. The number of halogens is 2. The Labute approximate surface area is 179 Å². The van der Waals surface area contributed by atoms with Gasteiger partial charge in [0.05, 0.1) is 5.69 Å². The first-order valence-electron chi connectivity index (χ1n) is 9.50. The standard InChI is InChI=1S/C22H24F2N4OS/c1-25-22(27-12-16-5-8-19(24)11-17(16)14-30-2)26-10-9-20-13-29-21(28-20)15-3-6-18(23)7-4-15/h3-8,11,13H,9-10,12,14H2,1-2H3,(H2,25,26,27). The van der Waals surface area contributed by atoms with Gasteiger partial charge in [0, 0.05) is 37.9 Å². The predicted molar refractivity (Wildman–Crippen MR) is 117 cm³/mol. The molecule has 0 unspecified atom stereocenters. The Kier molecular flexibility index (Phi) is 7.84. The highest BCUT2D eigenvalue weighted by atomic mass is 32.2. The van der Waals surface area contributed by atoms with Crippen LogP contribution in [0.15, 0.2) is 58.1 Å². The minimum Gasteiger partial charge on any atom is -0.444 e. The number of hydrogen-bond acceptors (Lipinski definition) is 4. The summed E-state index contributed by atoms with van der Waals surface area (Å²) in [5.74, 6) is 1.35. The minimum atomic E-state index is -0.296. The van der Waals surface area contributed by atoms with Gasteiger partial charge < -0.3 is 15.1 Å². The van der Waals surface area contributed by atoms with Crippen molar-refractivity contribution in [3.8, 4) is 11.5 Å². The number of benzene rings is 2. The van der Waals surface area contributed by atoms with Crippen LogP contribution >= 0.6 is 11.8 Å². The van der Waals surface area contributed by atoms with E-state index in [2.05, 4.69) is 20.6 Å². The summed E-state index contributed by atoms with van der Waals surface area (Å²) in [6, 6.07) is 10.9. The zero-order valence-electron chi connectivity index (χ0n) is 16.9. The van der Waals surface area contributed by atoms with Gasteiger partial charge in [0.1, 0.15) is 17.9 Å². The van der Waals surface area contributed by atoms with E-state index >= 15 is 0 Å². The summed E-state index contributed by atoms with van der Waals surface area (Å²) in [4.78, 5) is 8.66. The number of hydrogen-bond donors (Lipinski definition) is 2. The summed E-state index contributed by atoms with van der Waals surface area (Å²) >= 11 is 1.66. The molecule has 8 heteroatoms. The number of aromatic nitrogens is 1. The third kappa shape index (κ3) is 6.06. The molecule has 0 fully saturated rings. The van der Waals surface area contributed by atoms with Crippen LogP contribution in [0.2, 0.25) is 0 Å². The number of aliphatic imine (C=N–C) groups is 1. The average Bonchev–Trinajstić information content (AvgIpc) is 3.21. The normalized spacial score (nSPS) is 11.5. The lowest BCUT2D eigenvalue weighted by Gasteiger charge is -2.14. The van der Waals surface area contributed by atoms with Crippen molar-refractivity contribution in [2.45, 2.75) is 18.7 Å². The molecule has 0 saturated carbocycles. The van der Waals surface area contributed by atoms with Gasteiger partial charge in [-0.3, -0.25) is 4.99 Å². The fourth-order valence-corrected chi connectivity index (χ4v) is 3.49. The Balaban J connectivity index is 1.50. The number of guanidine groups is 1. The van der Waals surface area contributed by atoms with Crippen LogP contribution in [0, 0.1) is 11.6 Å². The van der Waals surface area contributed by atoms with Crippen LogP contribution in [-0.2, 0) is 18.7 Å². The maximum absolute atomic E-state index is 13.5. The van der Waals surface area contributed by atoms with Gasteiger partial charge in [0.15, 0.2) is 5.96 Å². The van der Waals surface area contributed by atoms with Crippen molar-refractivity contribution in [1.82, 2.24) is 15.6 Å². The SMILES string of the molecule is CN=C(NCCc1coc(-c2ccc(F)cc2)n1)NCc1ccc(F)cc1CSC. The molecule has 1 heterocycles. The maximum Gasteiger partial charge on any atom is 0.226 e. The molecule has 30 heavy (non-hydrogen) atoms. The summed E-state index contributed by atoms with van der Waals surface area (Å²) in [7, 11) is 1.70. The van der Waals surface area contributed by atoms with Crippen molar-refractivity contribution in [3.63, 3.8) is 0 Å². The monoisotopic (exact) mass is 430 g/mol. The largest absolute Gasteiger partial charge is 0.444 e. The quantitative estimate of drug-likeness (QED) is 0.410. The molecular weight excluding hydrogens is 406 g/mol. The summed E-state index contributed by atoms with van der Waals surface area (Å²) in [6.45, 7) is 1.16. The second-order valence-electron chi connectivity index (χ2n) is 6.60. The van der Waals surface area contributed by atoms with Crippen LogP contribution in [0.4, 0.5) is 8.78 Å². The Morgan fingerprint density at radius 3 is 2.57 bits per heavy atom. The topological polar surface area (TPSA) is 62.5 Å². The first-order chi connectivity index (χ1) is 14.6. The molecule has 2 aromatic carbocycles. The Hall–Kier alpha value is -2.87. The van der Waals surface area contributed by atoms with E-state index in [0.717, 1.165) is 28.1 Å². The molecule has 158 valence electrons. The van der Waals surface area contributed by atoms with Crippen molar-refractivity contribution >= 4 is 17.7 Å². The third-order valence-corrected chi connectivity index (χ3v) is 5.05. The van der Waals surface area contributed by atoms with Crippen molar-refractivity contribution in [2.75, 3.05) is 19.8 Å². The van der Waals surface area contributed by atoms with Gasteiger partial charge in [-0.15, -0.1) is 0 Å². The molecule has 2 N–H and O–H groups in total. The molecule has 0 radical (unpaired) electrons. The number of thioether (sulfide) groups is 1. The molecule has 0 atom stereocenters. The van der Waals surface area contributed by atoms with Crippen LogP contribution < -0.4 is 10.6 Å². The number of oxazole rings is 1. The van der Waals surface area contributed by atoms with Crippen LogP contribution in [0.1, 0.15) is 16.8 Å². The Bertz CT molecular complexity index is 989. The highest BCUT2D eigenvalue weighted by Gasteiger charge is 2.08. The maximum atomic E-state index is 13.5. The predicted octanol–water partition coefficient (Wildman–Crippen LogP) is 4.39. The summed E-state index contributed by atoms with van der Waals surface area (Å²) in [5.41, 5.74) is 3.53. The van der Waals surface area contributed by atoms with E-state index in [0.29, 0.717) is 31.4 Å². The molecule has 0 aliphatic carbocycles. The van der Waals surface area contributed by atoms with Gasteiger partial charge >= 0.3 is 0 Å². The smallest absolute Gasteiger partial charge is 0.226 e. The number of nitrogens with zero attached hydrogens (tertiary/aromatic N) is 2. The lowest BCUT2D eigenvalue weighted by Crippen LogP contribution is -2.38. The van der Waals surface area contributed by atoms with Crippen LogP contribution in [0.3, 0.4) is 0 Å². The number of rotatable bonds is 8. The van der Waals surface area contributed by atoms with E-state index in [-0.39, 0.29) is 11.6 Å². The van der Waals surface area contributed by atoms with Gasteiger partial charge in [-0.25, -0.2) is 13.8 Å². The second kappa shape index (κ2) is 10.8. The molecule has 3 rings (SSSR count). The van der Waals surface area contributed by atoms with E-state index in [9.17, 15) is 8.78 Å². The van der Waals surface area contributed by atoms with Crippen LogP contribution in [0.25, 0.3) is 11.5 Å². The molecule has 0 amide bonds. The Morgan fingerprint density at radius 1 is 1.07 bits per heavy atom. The van der Waals surface area contributed by atoms with Gasteiger partial charge in [0.25, 0.3) is 0 Å². The molecule has 0 aliphatic heterocycles. The first kappa shape index (κ1) is 21.8. The lowest BCUT2D eigenvalue weighted by molar-refractivity contribution is 0.571. The minimum absolute atomic E-state index is 0.224. The van der Waals surface area contributed by atoms with E-state index in [4.69, 9.17) is 4.42 Å². The van der Waals surface area contributed by atoms with E-state index in [1.807, 2.05) is 6.26 Å². The first-order valence-corrected chi connectivity index (χ1v) is 10.9. The molecule has 3 aromatic rings. The molecular formula is C22H24F2N4OS. The van der Waals surface area contributed by atoms with Crippen molar-refractivity contribution < 1.29 is 13.2 Å². The van der Waals surface area contributed by atoms with E-state index < -0.39 is 0 Å². The van der Waals surface area contributed by atoms with Crippen LogP contribution in [-0.4, -0.2) is 30.8 Å². The van der Waals surface area contributed by atoms with Gasteiger partial charge in [-0.05, 0) is 53.8 Å². The fourth-order valence-electron chi connectivity index (χ4n) is 2.91. The summed E-state index contributed by atoms with van der Waals surface area (Å²) in [5, 5.41) is 6.49. The molecule has 1 aromatic heterocycles. The van der Waals surface area contributed by atoms with Gasteiger partial charge in [-0.2, -0.15) is 11.8 Å². The van der Waals surface area contributed by atoms with Crippen molar-refractivity contribution in [3.05, 3.63) is 77.2 Å². The fraction of sp³-hybridized carbons (Fsp3) is 0.273. The van der Waals surface area contributed by atoms with Gasteiger partial charge in [-0.1, -0.05) is 6.07 Å². The second-order valence-corrected chi connectivity index (χ2v) is 7.47. The zero-order valence-corrected chi connectivity index (χ0v) is 17.7. The summed E-state index contributed by atoms with van der Waals surface area (Å²) < 4.78 is 32.0. The summed E-state index contributed by atoms with van der Waals surface area (Å²) in [6.07, 6.45) is 4.23. The van der Waals surface area contributed by atoms with Crippen molar-refractivity contribution in [2.24, 2.45) is 4.99 Å². The third-order valence-electron chi connectivity index (χ3n) is 4.45. The molecule has 0 saturated heterocycles. The zero-order chi connectivity index (χ0) is 21.3. The lowest BCUT2D eigenvalue weighted by atomic mass is 10.1. The van der Waals surface area contributed by atoms with Crippen molar-refractivity contribution in [1.29, 1.82) is 0 Å². The molecule has 5 nitrogen and oxygen atoms in total. The molecule has 0 aliphatic rings.